The van der Waals surface area contributed by atoms with Gasteiger partial charge in [0.25, 0.3) is 0 Å². The molecule has 0 aromatic heterocycles. The van der Waals surface area contributed by atoms with Crippen LogP contribution in [0.25, 0.3) is 6.08 Å². The lowest BCUT2D eigenvalue weighted by Gasteiger charge is -2.23. The number of hydrogen-bond donors (Lipinski definition) is 0. The van der Waals surface area contributed by atoms with E-state index in [0.717, 1.165) is 32.1 Å². The predicted octanol–water partition coefficient (Wildman–Crippen LogP) is 8.90. The number of allylic oxidation sites excluding steroid dienone is 3. The standard InChI is InChI=1S/C34H38/c1-7-27-17-19-30-22-32(25(5)20-29-18-15-23(3)31(8-2)26(29)6)34(33(30)21-27)24(4)14-16-28-12-10-9-11-13-28/h9-13,15,17-19,21-22,34H,4-5,7-8,14,16,20H2,1-3,6H3. The van der Waals surface area contributed by atoms with Crippen LogP contribution in [0, 0.1) is 13.8 Å². The van der Waals surface area contributed by atoms with E-state index in [0.29, 0.717) is 0 Å². The van der Waals surface area contributed by atoms with Crippen molar-refractivity contribution in [3.05, 3.63) is 135 Å². The molecule has 3 aromatic carbocycles. The van der Waals surface area contributed by atoms with Crippen molar-refractivity contribution in [2.75, 3.05) is 0 Å². The third-order valence-corrected chi connectivity index (χ3v) is 7.59. The Bertz CT molecular complexity index is 1240. The van der Waals surface area contributed by atoms with Crippen molar-refractivity contribution in [2.45, 2.75) is 65.7 Å². The maximum Gasteiger partial charge on any atom is 0.0305 e. The van der Waals surface area contributed by atoms with Crippen molar-refractivity contribution in [1.29, 1.82) is 0 Å². The van der Waals surface area contributed by atoms with Crippen molar-refractivity contribution in [3.8, 4) is 0 Å². The second kappa shape index (κ2) is 10.4. The Labute approximate surface area is 206 Å². The van der Waals surface area contributed by atoms with Crippen LogP contribution in [0.15, 0.2) is 90.5 Å². The number of fused-ring (bicyclic) bond motifs is 1. The highest BCUT2D eigenvalue weighted by atomic mass is 14.3. The molecule has 0 aliphatic heterocycles. The average Bonchev–Trinajstić information content (AvgIpc) is 3.24. The molecule has 174 valence electrons. The highest BCUT2D eigenvalue weighted by Crippen LogP contribution is 2.45. The Morgan fingerprint density at radius 2 is 1.62 bits per heavy atom. The van der Waals surface area contributed by atoms with Gasteiger partial charge in [0.1, 0.15) is 0 Å². The van der Waals surface area contributed by atoms with Crippen molar-refractivity contribution >= 4 is 6.08 Å². The summed E-state index contributed by atoms with van der Waals surface area (Å²) < 4.78 is 0. The number of aryl methyl sites for hydroxylation is 3. The fourth-order valence-electron chi connectivity index (χ4n) is 5.49. The number of hydrogen-bond acceptors (Lipinski definition) is 0. The fourth-order valence-corrected chi connectivity index (χ4v) is 5.49. The molecular weight excluding hydrogens is 408 g/mol. The summed E-state index contributed by atoms with van der Waals surface area (Å²) in [6.07, 6.45) is 7.40. The van der Waals surface area contributed by atoms with Crippen LogP contribution >= 0.6 is 0 Å². The van der Waals surface area contributed by atoms with E-state index in [1.165, 1.54) is 61.2 Å². The summed E-state index contributed by atoms with van der Waals surface area (Å²) in [6, 6.07) is 22.3. The summed E-state index contributed by atoms with van der Waals surface area (Å²) in [5.41, 5.74) is 15.0. The van der Waals surface area contributed by atoms with Crippen LogP contribution < -0.4 is 0 Å². The molecule has 4 rings (SSSR count). The van der Waals surface area contributed by atoms with Gasteiger partial charge >= 0.3 is 0 Å². The molecule has 0 radical (unpaired) electrons. The van der Waals surface area contributed by atoms with E-state index in [1.807, 2.05) is 0 Å². The van der Waals surface area contributed by atoms with Gasteiger partial charge in [-0.25, -0.2) is 0 Å². The lowest BCUT2D eigenvalue weighted by atomic mass is 9.81. The summed E-state index contributed by atoms with van der Waals surface area (Å²) in [5.74, 6) is 0.231. The molecule has 3 aromatic rings. The maximum absolute atomic E-state index is 4.62. The van der Waals surface area contributed by atoms with Gasteiger partial charge in [-0.2, -0.15) is 0 Å². The van der Waals surface area contributed by atoms with E-state index in [2.05, 4.69) is 108 Å². The molecule has 0 N–H and O–H groups in total. The first-order valence-corrected chi connectivity index (χ1v) is 12.7. The summed E-state index contributed by atoms with van der Waals surface area (Å²) in [7, 11) is 0. The summed E-state index contributed by atoms with van der Waals surface area (Å²) in [4.78, 5) is 0. The molecule has 1 atom stereocenters. The van der Waals surface area contributed by atoms with Gasteiger partial charge in [0.15, 0.2) is 0 Å². The topological polar surface area (TPSA) is 0 Å². The molecule has 0 nitrogen and oxygen atoms in total. The molecule has 0 saturated carbocycles. The second-order valence-corrected chi connectivity index (χ2v) is 9.77. The van der Waals surface area contributed by atoms with E-state index in [9.17, 15) is 0 Å². The van der Waals surface area contributed by atoms with Crippen LogP contribution in [-0.2, 0) is 25.7 Å². The first kappa shape index (κ1) is 24.0. The average molecular weight is 447 g/mol. The zero-order chi connectivity index (χ0) is 24.2. The predicted molar refractivity (Wildman–Crippen MR) is 149 cm³/mol. The van der Waals surface area contributed by atoms with Gasteiger partial charge in [-0.3, -0.25) is 0 Å². The summed E-state index contributed by atoms with van der Waals surface area (Å²) in [6.45, 7) is 18.2. The minimum absolute atomic E-state index is 0.231. The van der Waals surface area contributed by atoms with Crippen LogP contribution in [-0.4, -0.2) is 0 Å². The monoisotopic (exact) mass is 446 g/mol. The van der Waals surface area contributed by atoms with Crippen molar-refractivity contribution in [1.82, 2.24) is 0 Å². The molecule has 0 fully saturated rings. The Morgan fingerprint density at radius 1 is 0.853 bits per heavy atom. The van der Waals surface area contributed by atoms with Crippen molar-refractivity contribution < 1.29 is 0 Å². The minimum atomic E-state index is 0.231. The molecule has 34 heavy (non-hydrogen) atoms. The molecule has 1 aliphatic rings. The molecule has 0 saturated heterocycles. The Balaban J connectivity index is 1.63. The first-order chi connectivity index (χ1) is 16.4. The van der Waals surface area contributed by atoms with Crippen LogP contribution in [0.4, 0.5) is 0 Å². The number of benzene rings is 3. The van der Waals surface area contributed by atoms with Crippen LogP contribution in [0.5, 0.6) is 0 Å². The van der Waals surface area contributed by atoms with Crippen LogP contribution in [0.3, 0.4) is 0 Å². The molecule has 0 spiro atoms. The third kappa shape index (κ3) is 4.87. The van der Waals surface area contributed by atoms with Gasteiger partial charge in [0.05, 0.1) is 0 Å². The van der Waals surface area contributed by atoms with Gasteiger partial charge in [-0.1, -0.05) is 99.3 Å². The molecule has 1 unspecified atom stereocenters. The Morgan fingerprint density at radius 3 is 2.32 bits per heavy atom. The molecule has 0 bridgehead atoms. The van der Waals surface area contributed by atoms with Gasteiger partial charge in [0, 0.05) is 5.92 Å². The van der Waals surface area contributed by atoms with E-state index in [1.54, 1.807) is 0 Å². The van der Waals surface area contributed by atoms with E-state index < -0.39 is 0 Å². The smallest absolute Gasteiger partial charge is 0.0305 e. The maximum atomic E-state index is 4.62. The van der Waals surface area contributed by atoms with E-state index >= 15 is 0 Å². The highest BCUT2D eigenvalue weighted by Gasteiger charge is 2.29. The molecule has 1 aliphatic carbocycles. The van der Waals surface area contributed by atoms with Gasteiger partial charge in [-0.15, -0.1) is 0 Å². The van der Waals surface area contributed by atoms with Gasteiger partial charge in [-0.05, 0) is 102 Å². The van der Waals surface area contributed by atoms with Crippen LogP contribution in [0.1, 0.15) is 70.7 Å². The quantitative estimate of drug-likeness (QED) is 0.288. The fraction of sp³-hybridized carbons (Fsp3) is 0.294. The first-order valence-electron chi connectivity index (χ1n) is 12.7. The zero-order valence-electron chi connectivity index (χ0n) is 21.4. The third-order valence-electron chi connectivity index (χ3n) is 7.59. The SMILES string of the molecule is C=C(Cc1ccc(C)c(CC)c1C)C1=Cc2ccc(CC)cc2C1C(=C)CCc1ccccc1. The molecular formula is C34H38. The van der Waals surface area contributed by atoms with E-state index in [-0.39, 0.29) is 5.92 Å². The lowest BCUT2D eigenvalue weighted by Crippen LogP contribution is -2.08. The van der Waals surface area contributed by atoms with Crippen molar-refractivity contribution in [3.63, 3.8) is 0 Å². The van der Waals surface area contributed by atoms with E-state index in [4.69, 9.17) is 0 Å². The van der Waals surface area contributed by atoms with Crippen LogP contribution in [0.2, 0.25) is 0 Å². The van der Waals surface area contributed by atoms with Crippen molar-refractivity contribution in [2.24, 2.45) is 0 Å². The van der Waals surface area contributed by atoms with Gasteiger partial charge < -0.3 is 0 Å². The molecule has 0 heterocycles. The summed E-state index contributed by atoms with van der Waals surface area (Å²) >= 11 is 0. The molecule has 0 heteroatoms. The lowest BCUT2D eigenvalue weighted by molar-refractivity contribution is 0.829. The zero-order valence-corrected chi connectivity index (χ0v) is 21.4. The number of rotatable bonds is 9. The summed E-state index contributed by atoms with van der Waals surface area (Å²) in [5, 5.41) is 0. The highest BCUT2D eigenvalue weighted by molar-refractivity contribution is 5.74. The normalized spacial score (nSPS) is 14.6. The largest absolute Gasteiger partial charge is 0.0989 e. The molecule has 0 amide bonds. The van der Waals surface area contributed by atoms with Gasteiger partial charge in [0.2, 0.25) is 0 Å². The Hall–Kier alpha value is -3.12. The second-order valence-electron chi connectivity index (χ2n) is 9.77. The minimum Gasteiger partial charge on any atom is -0.0989 e. The Kier molecular flexibility index (Phi) is 7.37.